The highest BCUT2D eigenvalue weighted by Crippen LogP contribution is 2.18. The molecule has 0 heterocycles. The summed E-state index contributed by atoms with van der Waals surface area (Å²) in [7, 11) is 0. The number of amides is 2. The number of ether oxygens (including phenoxy) is 1. The third-order valence-electron chi connectivity index (χ3n) is 4.48. The summed E-state index contributed by atoms with van der Waals surface area (Å²) < 4.78 is 19.1. The third kappa shape index (κ3) is 9.32. The van der Waals surface area contributed by atoms with Gasteiger partial charge in [-0.1, -0.05) is 43.2 Å². The fraction of sp³-hybridized carbons (Fsp3) is 0.458. The zero-order valence-electron chi connectivity index (χ0n) is 19.5. The second kappa shape index (κ2) is 12.0. The van der Waals surface area contributed by atoms with Crippen LogP contribution in [0.4, 0.5) is 9.18 Å². The van der Waals surface area contributed by atoms with Crippen molar-refractivity contribution in [2.75, 3.05) is 0 Å². The topological polar surface area (TPSA) is 105 Å². The SMILES string of the molecule is CCCC(NC(=O)C(NC(=O)OC(C)(C)C)c1cccc(F)c1)C(C)=CC=C(C)C(=O)O. The maximum absolute atomic E-state index is 13.8. The van der Waals surface area contributed by atoms with Crippen molar-refractivity contribution in [3.05, 3.63) is 58.9 Å². The Balaban J connectivity index is 3.18. The number of carboxylic acids is 1. The van der Waals surface area contributed by atoms with Crippen LogP contribution in [-0.4, -0.2) is 34.7 Å². The molecule has 176 valence electrons. The van der Waals surface area contributed by atoms with Crippen LogP contribution in [0.3, 0.4) is 0 Å². The van der Waals surface area contributed by atoms with Gasteiger partial charge in [-0.2, -0.15) is 0 Å². The Morgan fingerprint density at radius 2 is 1.81 bits per heavy atom. The van der Waals surface area contributed by atoms with Gasteiger partial charge in [-0.25, -0.2) is 14.0 Å². The van der Waals surface area contributed by atoms with E-state index in [4.69, 9.17) is 9.84 Å². The lowest BCUT2D eigenvalue weighted by molar-refractivity contribution is -0.132. The summed E-state index contributed by atoms with van der Waals surface area (Å²) in [4.78, 5) is 36.5. The number of nitrogens with one attached hydrogen (secondary N) is 2. The summed E-state index contributed by atoms with van der Waals surface area (Å²) in [5.74, 6) is -2.11. The molecule has 8 heteroatoms. The molecule has 2 atom stereocenters. The van der Waals surface area contributed by atoms with Crippen LogP contribution in [0.5, 0.6) is 0 Å². The van der Waals surface area contributed by atoms with Crippen LogP contribution in [0.15, 0.2) is 47.6 Å². The molecule has 7 nitrogen and oxygen atoms in total. The van der Waals surface area contributed by atoms with Gasteiger partial charge in [-0.05, 0) is 58.7 Å². The van der Waals surface area contributed by atoms with Crippen molar-refractivity contribution in [3.63, 3.8) is 0 Å². The van der Waals surface area contributed by atoms with Crippen molar-refractivity contribution in [1.82, 2.24) is 10.6 Å². The number of rotatable bonds is 9. The van der Waals surface area contributed by atoms with Gasteiger partial charge in [-0.3, -0.25) is 4.79 Å². The monoisotopic (exact) mass is 448 g/mol. The molecule has 1 aromatic rings. The minimum absolute atomic E-state index is 0.162. The maximum Gasteiger partial charge on any atom is 0.408 e. The van der Waals surface area contributed by atoms with E-state index >= 15 is 0 Å². The van der Waals surface area contributed by atoms with Crippen LogP contribution in [-0.2, 0) is 14.3 Å². The van der Waals surface area contributed by atoms with E-state index in [-0.39, 0.29) is 11.1 Å². The van der Waals surface area contributed by atoms with Gasteiger partial charge in [0, 0.05) is 5.57 Å². The van der Waals surface area contributed by atoms with Crippen LogP contribution < -0.4 is 10.6 Å². The van der Waals surface area contributed by atoms with E-state index in [2.05, 4.69) is 10.6 Å². The van der Waals surface area contributed by atoms with E-state index in [0.29, 0.717) is 6.42 Å². The van der Waals surface area contributed by atoms with Gasteiger partial charge in [0.2, 0.25) is 5.91 Å². The predicted molar refractivity (Wildman–Crippen MR) is 120 cm³/mol. The molecule has 0 saturated heterocycles. The van der Waals surface area contributed by atoms with Gasteiger partial charge in [0.15, 0.2) is 0 Å². The molecule has 1 aromatic carbocycles. The van der Waals surface area contributed by atoms with Gasteiger partial charge >= 0.3 is 12.1 Å². The summed E-state index contributed by atoms with van der Waals surface area (Å²) >= 11 is 0. The van der Waals surface area contributed by atoms with Crippen LogP contribution in [0, 0.1) is 5.82 Å². The lowest BCUT2D eigenvalue weighted by Crippen LogP contribution is -2.46. The first kappa shape index (κ1) is 26.9. The highest BCUT2D eigenvalue weighted by atomic mass is 19.1. The van der Waals surface area contributed by atoms with Crippen molar-refractivity contribution in [2.24, 2.45) is 0 Å². The summed E-state index contributed by atoms with van der Waals surface area (Å²) in [6.45, 7) is 10.3. The fourth-order valence-corrected chi connectivity index (χ4v) is 2.81. The van der Waals surface area contributed by atoms with Crippen LogP contribution in [0.25, 0.3) is 0 Å². The molecule has 0 spiro atoms. The molecule has 0 aromatic heterocycles. The van der Waals surface area contributed by atoms with E-state index in [0.717, 1.165) is 12.0 Å². The Hall–Kier alpha value is -3.16. The average Bonchev–Trinajstić information content (AvgIpc) is 2.68. The molecule has 0 aliphatic rings. The number of hydrogen-bond donors (Lipinski definition) is 3. The fourth-order valence-electron chi connectivity index (χ4n) is 2.81. The van der Waals surface area contributed by atoms with E-state index in [9.17, 15) is 18.8 Å². The van der Waals surface area contributed by atoms with Gasteiger partial charge in [0.05, 0.1) is 6.04 Å². The van der Waals surface area contributed by atoms with Gasteiger partial charge < -0.3 is 20.5 Å². The minimum atomic E-state index is -1.18. The highest BCUT2D eigenvalue weighted by molar-refractivity contribution is 5.87. The summed E-state index contributed by atoms with van der Waals surface area (Å²) in [6.07, 6.45) is 3.65. The zero-order chi connectivity index (χ0) is 24.5. The van der Waals surface area contributed by atoms with Crippen LogP contribution >= 0.6 is 0 Å². The molecule has 2 unspecified atom stereocenters. The first-order valence-electron chi connectivity index (χ1n) is 10.5. The number of hydrogen-bond acceptors (Lipinski definition) is 4. The smallest absolute Gasteiger partial charge is 0.408 e. The average molecular weight is 449 g/mol. The molecule has 0 radical (unpaired) electrons. The molecular weight excluding hydrogens is 415 g/mol. The number of allylic oxidation sites excluding steroid dienone is 2. The molecule has 0 bridgehead atoms. The van der Waals surface area contributed by atoms with Gasteiger partial charge in [0.25, 0.3) is 0 Å². The Morgan fingerprint density at radius 1 is 1.16 bits per heavy atom. The molecule has 2 amide bonds. The van der Waals surface area contributed by atoms with Crippen LogP contribution in [0.1, 0.15) is 66.0 Å². The van der Waals surface area contributed by atoms with E-state index in [1.54, 1.807) is 39.8 Å². The normalized spacial score (nSPS) is 14.3. The van der Waals surface area contributed by atoms with Crippen molar-refractivity contribution in [3.8, 4) is 0 Å². The Kier molecular flexibility index (Phi) is 10.1. The Morgan fingerprint density at radius 3 is 2.34 bits per heavy atom. The number of benzene rings is 1. The number of carbonyl (C=O) groups is 3. The molecule has 0 aliphatic carbocycles. The largest absolute Gasteiger partial charge is 0.478 e. The molecule has 0 saturated carbocycles. The van der Waals surface area contributed by atoms with Crippen molar-refractivity contribution < 1.29 is 28.6 Å². The molecule has 1 rings (SSSR count). The van der Waals surface area contributed by atoms with Crippen molar-refractivity contribution >= 4 is 18.0 Å². The minimum Gasteiger partial charge on any atom is -0.478 e. The number of aliphatic carboxylic acids is 1. The van der Waals surface area contributed by atoms with Gasteiger partial charge in [0.1, 0.15) is 17.5 Å². The van der Waals surface area contributed by atoms with Crippen molar-refractivity contribution in [1.29, 1.82) is 0 Å². The highest BCUT2D eigenvalue weighted by Gasteiger charge is 2.28. The maximum atomic E-state index is 13.8. The van der Waals surface area contributed by atoms with Crippen molar-refractivity contribution in [2.45, 2.75) is 72.1 Å². The molecular formula is C24H33FN2O5. The second-order valence-electron chi connectivity index (χ2n) is 8.55. The first-order valence-corrected chi connectivity index (χ1v) is 10.5. The molecule has 32 heavy (non-hydrogen) atoms. The van der Waals surface area contributed by atoms with Gasteiger partial charge in [-0.15, -0.1) is 0 Å². The Bertz CT molecular complexity index is 887. The standard InChI is InChI=1S/C24H33FN2O5/c1-7-9-19(15(2)12-13-16(3)22(29)30)26-21(28)20(17-10-8-11-18(25)14-17)27-23(31)32-24(4,5)6/h8,10-14,19-20H,7,9H2,1-6H3,(H,26,28)(H,27,31)(H,29,30). The number of halogens is 1. The van der Waals surface area contributed by atoms with Crippen LogP contribution in [0.2, 0.25) is 0 Å². The summed E-state index contributed by atoms with van der Waals surface area (Å²) in [5, 5.41) is 14.4. The molecule has 3 N–H and O–H groups in total. The lowest BCUT2D eigenvalue weighted by atomic mass is 10.0. The van der Waals surface area contributed by atoms with E-state index in [1.165, 1.54) is 31.2 Å². The van der Waals surface area contributed by atoms with E-state index in [1.807, 2.05) is 6.92 Å². The number of carbonyl (C=O) groups excluding carboxylic acids is 2. The third-order valence-corrected chi connectivity index (χ3v) is 4.48. The first-order chi connectivity index (χ1) is 14.8. The number of alkyl carbamates (subject to hydrolysis) is 1. The van der Waals surface area contributed by atoms with E-state index < -0.39 is 41.5 Å². The molecule has 0 aliphatic heterocycles. The predicted octanol–water partition coefficient (Wildman–Crippen LogP) is 4.65. The quantitative estimate of drug-likeness (QED) is 0.377. The Labute approximate surface area is 188 Å². The lowest BCUT2D eigenvalue weighted by Gasteiger charge is -2.26. The second-order valence-corrected chi connectivity index (χ2v) is 8.55. The summed E-state index contributed by atoms with van der Waals surface area (Å²) in [6, 6.07) is 3.84. The zero-order valence-corrected chi connectivity index (χ0v) is 19.5. The summed E-state index contributed by atoms with van der Waals surface area (Å²) in [5.41, 5.74) is 0.406. The molecule has 0 fully saturated rings. The number of carboxylic acid groups (broad SMARTS) is 1.